The Morgan fingerprint density at radius 1 is 1.20 bits per heavy atom. The molecule has 1 unspecified atom stereocenters. The van der Waals surface area contributed by atoms with Gasteiger partial charge in [-0.05, 0) is 37.4 Å². The highest BCUT2D eigenvalue weighted by atomic mass is 35.5. The van der Waals surface area contributed by atoms with Crippen molar-refractivity contribution < 1.29 is 27.4 Å². The Kier molecular flexibility index (Phi) is 8.05. The molecule has 8 rings (SSSR count). The van der Waals surface area contributed by atoms with Crippen LogP contribution >= 0.6 is 22.9 Å². The molecule has 3 saturated heterocycles. The van der Waals surface area contributed by atoms with Gasteiger partial charge in [0.25, 0.3) is 0 Å². The first kappa shape index (κ1) is 32.6. The fraction of sp³-hybridized carbons (Fsp3) is 0.441. The summed E-state index contributed by atoms with van der Waals surface area (Å²) >= 11 is 7.90. The van der Waals surface area contributed by atoms with Crippen LogP contribution in [0.15, 0.2) is 12.1 Å². The van der Waals surface area contributed by atoms with Crippen molar-refractivity contribution in [2.45, 2.75) is 49.9 Å². The molecule has 0 spiro atoms. The van der Waals surface area contributed by atoms with Gasteiger partial charge in [-0.15, -0.1) is 11.3 Å². The van der Waals surface area contributed by atoms with Crippen LogP contribution in [0.3, 0.4) is 0 Å². The van der Waals surface area contributed by atoms with Crippen LogP contribution in [0, 0.1) is 34.3 Å². The molecule has 4 aliphatic heterocycles. The lowest BCUT2D eigenvalue weighted by molar-refractivity contribution is -0.129. The van der Waals surface area contributed by atoms with Gasteiger partial charge in [-0.2, -0.15) is 20.5 Å². The average molecular weight is 723 g/mol. The van der Waals surface area contributed by atoms with Crippen LogP contribution in [0.25, 0.3) is 32.1 Å². The number of rotatable bonds is 6. The second-order valence-electron chi connectivity index (χ2n) is 13.2. The summed E-state index contributed by atoms with van der Waals surface area (Å²) < 4.78 is 59.4. The van der Waals surface area contributed by atoms with Gasteiger partial charge in [-0.25, -0.2) is 13.2 Å². The normalized spacial score (nSPS) is 23.2. The predicted molar refractivity (Wildman–Crippen MR) is 181 cm³/mol. The van der Waals surface area contributed by atoms with Crippen LogP contribution in [-0.2, 0) is 4.79 Å². The van der Waals surface area contributed by atoms with Gasteiger partial charge >= 0.3 is 6.01 Å². The predicted octanol–water partition coefficient (Wildman–Crippen LogP) is 5.57. The molecule has 0 saturated carbocycles. The Bertz CT molecular complexity index is 2170. The molecule has 4 aliphatic rings. The second kappa shape index (κ2) is 12.3. The molecular weight excluding hydrogens is 693 g/mol. The molecule has 258 valence electrons. The van der Waals surface area contributed by atoms with Crippen molar-refractivity contribution in [3.8, 4) is 35.0 Å². The third kappa shape index (κ3) is 5.05. The molecule has 0 aliphatic carbocycles. The summed E-state index contributed by atoms with van der Waals surface area (Å²) in [5.41, 5.74) is 5.39. The number of carbonyl (C=O) groups excluding carboxylic acids is 1. The first-order valence-corrected chi connectivity index (χ1v) is 17.5. The number of nitrogen functional groups attached to an aromatic ring is 1. The summed E-state index contributed by atoms with van der Waals surface area (Å²) in [6.07, 6.45) is 1.29. The zero-order valence-corrected chi connectivity index (χ0v) is 28.2. The number of anilines is 2. The van der Waals surface area contributed by atoms with Gasteiger partial charge in [0.1, 0.15) is 54.0 Å². The summed E-state index contributed by atoms with van der Waals surface area (Å²) in [5.74, 6) is -1.37. The standard InChI is InChI=1S/C34H30ClF3N8O3S/c35-26-24(19-2-3-21(37)30-23(19)20(13-40)31(41)50-30)27(38)28-25-29(26)48-11-10-46(18-5-9-44(15-18)22(47)4-7-39)32(25)43-33(42-28)49-16-34-6-1-8-45(34)14-17(36)12-34/h2-3,17-18H,1,4-6,8-12,14-16,41H2/t17-,18?,34+/m1/s1. The van der Waals surface area contributed by atoms with E-state index >= 15 is 8.78 Å². The van der Waals surface area contributed by atoms with Crippen LogP contribution in [0.1, 0.15) is 37.7 Å². The van der Waals surface area contributed by atoms with Gasteiger partial charge in [-0.3, -0.25) is 9.69 Å². The summed E-state index contributed by atoms with van der Waals surface area (Å²) in [7, 11) is 0. The van der Waals surface area contributed by atoms with Crippen molar-refractivity contribution in [3.05, 3.63) is 34.4 Å². The highest BCUT2D eigenvalue weighted by molar-refractivity contribution is 7.23. The molecule has 1 amide bonds. The molecule has 2 N–H and O–H groups in total. The fourth-order valence-corrected chi connectivity index (χ4v) is 9.43. The van der Waals surface area contributed by atoms with E-state index in [4.69, 9.17) is 37.1 Å². The Labute approximate surface area is 293 Å². The minimum atomic E-state index is -0.982. The maximum Gasteiger partial charge on any atom is 0.319 e. The van der Waals surface area contributed by atoms with E-state index in [9.17, 15) is 14.4 Å². The van der Waals surface area contributed by atoms with Gasteiger partial charge in [0.2, 0.25) is 5.91 Å². The lowest BCUT2D eigenvalue weighted by Gasteiger charge is -2.31. The second-order valence-corrected chi connectivity index (χ2v) is 14.6. The molecule has 4 aromatic rings. The number of nitrogens with two attached hydrogens (primary N) is 1. The monoisotopic (exact) mass is 722 g/mol. The molecule has 16 heteroatoms. The van der Waals surface area contributed by atoms with Gasteiger partial charge in [0.15, 0.2) is 11.6 Å². The Morgan fingerprint density at radius 3 is 2.84 bits per heavy atom. The number of benzene rings is 2. The molecule has 2 aromatic carbocycles. The van der Waals surface area contributed by atoms with Crippen LogP contribution < -0.4 is 20.1 Å². The lowest BCUT2D eigenvalue weighted by Crippen LogP contribution is -2.43. The minimum Gasteiger partial charge on any atom is -0.489 e. The zero-order valence-electron chi connectivity index (χ0n) is 26.6. The number of halogens is 4. The number of thiophene rings is 1. The quantitative estimate of drug-likeness (QED) is 0.268. The van der Waals surface area contributed by atoms with Crippen LogP contribution in [0.5, 0.6) is 11.8 Å². The van der Waals surface area contributed by atoms with E-state index in [0.717, 1.165) is 30.7 Å². The fourth-order valence-electron chi connectivity index (χ4n) is 8.15. The number of fused-ring (bicyclic) bond motifs is 2. The highest BCUT2D eigenvalue weighted by Gasteiger charge is 2.49. The van der Waals surface area contributed by atoms with Crippen LogP contribution in [-0.4, -0.2) is 89.4 Å². The van der Waals surface area contributed by atoms with Gasteiger partial charge < -0.3 is 25.0 Å². The van der Waals surface area contributed by atoms with E-state index in [1.807, 2.05) is 17.0 Å². The smallest absolute Gasteiger partial charge is 0.319 e. The van der Waals surface area contributed by atoms with Gasteiger partial charge in [0, 0.05) is 43.0 Å². The molecule has 6 heterocycles. The van der Waals surface area contributed by atoms with Gasteiger partial charge in [0.05, 0.1) is 38.8 Å². The molecule has 3 fully saturated rings. The third-order valence-electron chi connectivity index (χ3n) is 10.4. The van der Waals surface area contributed by atoms with E-state index in [-0.39, 0.29) is 91.0 Å². The third-order valence-corrected chi connectivity index (χ3v) is 11.8. The summed E-state index contributed by atoms with van der Waals surface area (Å²) in [4.78, 5) is 27.6. The molecular formula is C34H30ClF3N8O3S. The van der Waals surface area contributed by atoms with E-state index in [2.05, 4.69) is 9.88 Å². The number of likely N-dealkylation sites (tertiary alicyclic amines) is 1. The van der Waals surface area contributed by atoms with Crippen LogP contribution in [0.2, 0.25) is 5.02 Å². The van der Waals surface area contributed by atoms with Crippen molar-refractivity contribution in [2.75, 3.05) is 56.6 Å². The number of alkyl halides is 1. The number of ether oxygens (including phenoxy) is 2. The average Bonchev–Trinajstić information content (AvgIpc) is 3.84. The van der Waals surface area contributed by atoms with Crippen molar-refractivity contribution in [3.63, 3.8) is 0 Å². The molecule has 0 radical (unpaired) electrons. The number of amides is 1. The number of carbonyl (C=O) groups is 1. The van der Waals surface area contributed by atoms with Crippen molar-refractivity contribution in [2.24, 2.45) is 0 Å². The maximum absolute atomic E-state index is 17.2. The maximum atomic E-state index is 17.2. The largest absolute Gasteiger partial charge is 0.489 e. The zero-order chi connectivity index (χ0) is 34.9. The molecule has 3 atom stereocenters. The van der Waals surface area contributed by atoms with E-state index in [1.54, 1.807) is 4.90 Å². The molecule has 0 bridgehead atoms. The Morgan fingerprint density at radius 2 is 2.04 bits per heavy atom. The summed E-state index contributed by atoms with van der Waals surface area (Å²) in [5, 5.41) is 19.3. The first-order chi connectivity index (χ1) is 24.1. The topological polar surface area (TPSA) is 145 Å². The molecule has 50 heavy (non-hydrogen) atoms. The molecule has 11 nitrogen and oxygen atoms in total. The van der Waals surface area contributed by atoms with Gasteiger partial charge in [-0.1, -0.05) is 17.7 Å². The van der Waals surface area contributed by atoms with Crippen molar-refractivity contribution in [1.82, 2.24) is 19.8 Å². The SMILES string of the molecule is N#CCC(=O)N1CCC(N2CCOc3c(Cl)c(-c4ccc(F)c5sc(N)c(C#N)c45)c(F)c4nc(OC[C@@]56CCCN5C[C@H](F)C6)nc2c34)C1. The minimum absolute atomic E-state index is 0.000241. The highest BCUT2D eigenvalue weighted by Crippen LogP contribution is 2.51. The number of nitrogens with zero attached hydrogens (tertiary/aromatic N) is 7. The first-order valence-electron chi connectivity index (χ1n) is 16.3. The number of nitriles is 2. The van der Waals surface area contributed by atoms with E-state index < -0.39 is 23.3 Å². The Hall–Kier alpha value is -4.57. The molecule has 2 aromatic heterocycles. The summed E-state index contributed by atoms with van der Waals surface area (Å²) in [6, 6.07) is 6.05. The van der Waals surface area contributed by atoms with E-state index in [0.29, 0.717) is 44.8 Å². The van der Waals surface area contributed by atoms with E-state index in [1.165, 1.54) is 12.1 Å². The number of hydrogen-bond acceptors (Lipinski definition) is 11. The number of hydrogen-bond donors (Lipinski definition) is 1. The van der Waals surface area contributed by atoms with Crippen molar-refractivity contribution in [1.29, 1.82) is 10.5 Å². The Balaban J connectivity index is 1.31. The van der Waals surface area contributed by atoms with Crippen LogP contribution in [0.4, 0.5) is 24.0 Å². The number of aromatic nitrogens is 2. The van der Waals surface area contributed by atoms with Crippen molar-refractivity contribution >= 4 is 60.7 Å². The summed E-state index contributed by atoms with van der Waals surface area (Å²) in [6.45, 7) is 2.32. The lowest BCUT2D eigenvalue weighted by atomic mass is 9.95.